The number of nitrogens with zero attached hydrogens (tertiary/aromatic N) is 2. The maximum Gasteiger partial charge on any atom is 0.293 e. The van der Waals surface area contributed by atoms with Gasteiger partial charge in [-0.2, -0.15) is 0 Å². The van der Waals surface area contributed by atoms with Crippen molar-refractivity contribution in [3.05, 3.63) is 52.6 Å². The molecule has 0 fully saturated rings. The van der Waals surface area contributed by atoms with Gasteiger partial charge >= 0.3 is 0 Å². The first-order chi connectivity index (χ1) is 8.74. The third-order valence-corrected chi connectivity index (χ3v) is 3.28. The molecule has 1 heterocycles. The summed E-state index contributed by atoms with van der Waals surface area (Å²) >= 11 is 0. The second-order valence-electron chi connectivity index (χ2n) is 4.19. The minimum absolute atomic E-state index is 0.172. The van der Waals surface area contributed by atoms with Crippen molar-refractivity contribution >= 4 is 27.5 Å². The summed E-state index contributed by atoms with van der Waals surface area (Å²) in [4.78, 5) is 10.8. The number of aromatic nitrogens is 1. The van der Waals surface area contributed by atoms with Gasteiger partial charge in [-0.15, -0.1) is 0 Å². The molecule has 0 aliphatic carbocycles. The fourth-order valence-corrected chi connectivity index (χ4v) is 2.57. The third-order valence-electron chi connectivity index (χ3n) is 3.28. The van der Waals surface area contributed by atoms with Crippen molar-refractivity contribution in [3.8, 4) is 0 Å². The summed E-state index contributed by atoms with van der Waals surface area (Å²) in [6, 6.07) is 13.2. The van der Waals surface area contributed by atoms with Gasteiger partial charge in [0, 0.05) is 28.9 Å². The largest absolute Gasteiger partial charge is 0.335 e. The minimum atomic E-state index is -0.312. The lowest BCUT2D eigenvalue weighted by atomic mass is 10.1. The van der Waals surface area contributed by atoms with E-state index in [9.17, 15) is 10.1 Å². The second-order valence-corrected chi connectivity index (χ2v) is 4.19. The average molecular weight is 240 g/mol. The first-order valence-corrected chi connectivity index (χ1v) is 5.88. The van der Waals surface area contributed by atoms with Crippen molar-refractivity contribution in [2.45, 2.75) is 13.5 Å². The standard InChI is InChI=1S/C14H12N2O2/c1-2-15-12-8-4-3-6-10(12)11-7-5-9-13(14(11)15)16(17)18/h3-9H,2H2,1H3. The molecule has 0 radical (unpaired) electrons. The van der Waals surface area contributed by atoms with Crippen molar-refractivity contribution in [3.63, 3.8) is 0 Å². The van der Waals surface area contributed by atoms with Gasteiger partial charge in [0.15, 0.2) is 0 Å². The lowest BCUT2D eigenvalue weighted by Gasteiger charge is -2.02. The van der Waals surface area contributed by atoms with E-state index >= 15 is 0 Å². The Morgan fingerprint density at radius 3 is 2.56 bits per heavy atom. The fraction of sp³-hybridized carbons (Fsp3) is 0.143. The number of nitro benzene ring substituents is 1. The second kappa shape index (κ2) is 3.84. The molecular formula is C14H12N2O2. The van der Waals surface area contributed by atoms with Crippen LogP contribution in [0.3, 0.4) is 0 Å². The molecule has 0 spiro atoms. The molecule has 0 saturated carbocycles. The van der Waals surface area contributed by atoms with Crippen LogP contribution in [0.25, 0.3) is 21.8 Å². The Labute approximate surface area is 104 Å². The Balaban J connectivity index is 2.60. The van der Waals surface area contributed by atoms with Crippen LogP contribution >= 0.6 is 0 Å². The van der Waals surface area contributed by atoms with Crippen LogP contribution in [0.2, 0.25) is 0 Å². The summed E-state index contributed by atoms with van der Waals surface area (Å²) in [6.07, 6.45) is 0. The topological polar surface area (TPSA) is 48.1 Å². The zero-order valence-electron chi connectivity index (χ0n) is 9.96. The number of aryl methyl sites for hydroxylation is 1. The van der Waals surface area contributed by atoms with Crippen LogP contribution < -0.4 is 0 Å². The summed E-state index contributed by atoms with van der Waals surface area (Å²) in [6.45, 7) is 2.72. The number of hydrogen-bond donors (Lipinski definition) is 0. The molecule has 3 aromatic rings. The number of non-ortho nitro benzene ring substituents is 1. The highest BCUT2D eigenvalue weighted by Gasteiger charge is 2.18. The molecule has 1 aromatic heterocycles. The molecule has 0 unspecified atom stereocenters. The van der Waals surface area contributed by atoms with Gasteiger partial charge in [0.1, 0.15) is 5.52 Å². The Morgan fingerprint density at radius 1 is 1.11 bits per heavy atom. The van der Waals surface area contributed by atoms with Crippen LogP contribution in [0.5, 0.6) is 0 Å². The normalized spacial score (nSPS) is 11.2. The van der Waals surface area contributed by atoms with Gasteiger partial charge in [-0.3, -0.25) is 10.1 Å². The lowest BCUT2D eigenvalue weighted by molar-refractivity contribution is -0.383. The molecule has 0 aliphatic heterocycles. The van der Waals surface area contributed by atoms with E-state index in [4.69, 9.17) is 0 Å². The summed E-state index contributed by atoms with van der Waals surface area (Å²) in [5.74, 6) is 0. The van der Waals surface area contributed by atoms with Gasteiger partial charge in [-0.1, -0.05) is 30.3 Å². The zero-order valence-corrected chi connectivity index (χ0v) is 9.96. The van der Waals surface area contributed by atoms with E-state index in [1.165, 1.54) is 0 Å². The van der Waals surface area contributed by atoms with E-state index in [1.807, 2.05) is 41.8 Å². The highest BCUT2D eigenvalue weighted by molar-refractivity contribution is 6.10. The van der Waals surface area contributed by atoms with E-state index in [2.05, 4.69) is 0 Å². The summed E-state index contributed by atoms with van der Waals surface area (Å²) in [7, 11) is 0. The highest BCUT2D eigenvalue weighted by atomic mass is 16.6. The number of rotatable bonds is 2. The fourth-order valence-electron chi connectivity index (χ4n) is 2.57. The average Bonchev–Trinajstić information content (AvgIpc) is 2.72. The van der Waals surface area contributed by atoms with E-state index in [0.29, 0.717) is 5.52 Å². The maximum absolute atomic E-state index is 11.2. The van der Waals surface area contributed by atoms with E-state index in [-0.39, 0.29) is 10.6 Å². The molecule has 0 saturated heterocycles. The Hall–Kier alpha value is -2.36. The van der Waals surface area contributed by atoms with Crippen LogP contribution in [0, 0.1) is 10.1 Å². The van der Waals surface area contributed by atoms with E-state index < -0.39 is 0 Å². The Bertz CT molecular complexity index is 759. The number of nitro groups is 1. The van der Waals surface area contributed by atoms with Crippen molar-refractivity contribution in [1.29, 1.82) is 0 Å². The van der Waals surface area contributed by atoms with Gasteiger partial charge in [-0.25, -0.2) is 0 Å². The molecule has 3 rings (SSSR count). The van der Waals surface area contributed by atoms with Crippen molar-refractivity contribution in [2.75, 3.05) is 0 Å². The van der Waals surface area contributed by atoms with Crippen LogP contribution in [-0.2, 0) is 6.54 Å². The molecular weight excluding hydrogens is 228 g/mol. The van der Waals surface area contributed by atoms with Gasteiger partial charge < -0.3 is 4.57 Å². The van der Waals surface area contributed by atoms with Gasteiger partial charge in [0.2, 0.25) is 0 Å². The van der Waals surface area contributed by atoms with E-state index in [0.717, 1.165) is 22.8 Å². The Morgan fingerprint density at radius 2 is 1.83 bits per heavy atom. The summed E-state index contributed by atoms with van der Waals surface area (Å²) < 4.78 is 2.00. The maximum atomic E-state index is 11.2. The summed E-state index contributed by atoms with van der Waals surface area (Å²) in [5, 5.41) is 13.2. The number of hydrogen-bond acceptors (Lipinski definition) is 2. The molecule has 4 heteroatoms. The third kappa shape index (κ3) is 1.32. The predicted octanol–water partition coefficient (Wildman–Crippen LogP) is 3.72. The monoisotopic (exact) mass is 240 g/mol. The lowest BCUT2D eigenvalue weighted by Crippen LogP contribution is -1.97. The highest BCUT2D eigenvalue weighted by Crippen LogP contribution is 2.34. The molecule has 0 N–H and O–H groups in total. The van der Waals surface area contributed by atoms with E-state index in [1.54, 1.807) is 12.1 Å². The summed E-state index contributed by atoms with van der Waals surface area (Å²) in [5.41, 5.74) is 1.93. The smallest absolute Gasteiger partial charge is 0.293 e. The van der Waals surface area contributed by atoms with Gasteiger partial charge in [0.25, 0.3) is 5.69 Å². The molecule has 0 atom stereocenters. The molecule has 0 bridgehead atoms. The number of benzene rings is 2. The predicted molar refractivity (Wildman–Crippen MR) is 71.8 cm³/mol. The number of para-hydroxylation sites is 2. The van der Waals surface area contributed by atoms with Gasteiger partial charge in [0.05, 0.1) is 4.92 Å². The van der Waals surface area contributed by atoms with Crippen LogP contribution in [0.1, 0.15) is 6.92 Å². The molecule has 18 heavy (non-hydrogen) atoms. The molecule has 2 aromatic carbocycles. The van der Waals surface area contributed by atoms with Crippen molar-refractivity contribution in [2.24, 2.45) is 0 Å². The quantitative estimate of drug-likeness (QED) is 0.506. The Kier molecular flexibility index (Phi) is 2.30. The minimum Gasteiger partial charge on any atom is -0.335 e. The molecule has 0 amide bonds. The SMILES string of the molecule is CCn1c2ccccc2c2cccc([N+](=O)[O-])c21. The van der Waals surface area contributed by atoms with Crippen molar-refractivity contribution in [1.82, 2.24) is 4.57 Å². The van der Waals surface area contributed by atoms with Crippen LogP contribution in [-0.4, -0.2) is 9.49 Å². The van der Waals surface area contributed by atoms with Crippen LogP contribution in [0.4, 0.5) is 5.69 Å². The van der Waals surface area contributed by atoms with Crippen molar-refractivity contribution < 1.29 is 4.92 Å². The molecule has 90 valence electrons. The number of fused-ring (bicyclic) bond motifs is 3. The molecule has 0 aliphatic rings. The first kappa shape index (κ1) is 10.8. The zero-order chi connectivity index (χ0) is 12.7. The molecule has 4 nitrogen and oxygen atoms in total. The van der Waals surface area contributed by atoms with Crippen LogP contribution in [0.15, 0.2) is 42.5 Å². The van der Waals surface area contributed by atoms with Gasteiger partial charge in [-0.05, 0) is 13.0 Å². The first-order valence-electron chi connectivity index (χ1n) is 5.88.